The van der Waals surface area contributed by atoms with Crippen molar-refractivity contribution in [2.45, 2.75) is 38.5 Å². The van der Waals surface area contributed by atoms with E-state index in [1.807, 2.05) is 31.2 Å². The van der Waals surface area contributed by atoms with E-state index in [4.69, 9.17) is 11.6 Å². The van der Waals surface area contributed by atoms with Crippen LogP contribution in [-0.4, -0.2) is 11.7 Å². The van der Waals surface area contributed by atoms with Gasteiger partial charge in [-0.05, 0) is 36.6 Å². The van der Waals surface area contributed by atoms with Crippen LogP contribution in [0.25, 0.3) is 0 Å². The smallest absolute Gasteiger partial charge is 0.231 e. The average molecular weight is 356 g/mol. The minimum absolute atomic E-state index is 0.00238. The largest absolute Gasteiger partial charge is 0.329 e. The third-order valence-electron chi connectivity index (χ3n) is 5.33. The Hall–Kier alpha value is -2.13. The number of aryl methyl sites for hydroxylation is 1. The Morgan fingerprint density at radius 2 is 2.12 bits per heavy atom. The SMILES string of the molecule is C=C/C=C(Cl)\C=C1/C[C@@]2(CCC(=O)C[C@@H]2c2ccccc2C)C(=O)N1. The van der Waals surface area contributed by atoms with Gasteiger partial charge in [0.25, 0.3) is 0 Å². The van der Waals surface area contributed by atoms with E-state index in [2.05, 4.69) is 11.9 Å². The minimum Gasteiger partial charge on any atom is -0.329 e. The number of hydrogen-bond acceptors (Lipinski definition) is 2. The molecule has 2 atom stereocenters. The van der Waals surface area contributed by atoms with Crippen LogP contribution in [0.4, 0.5) is 0 Å². The zero-order valence-corrected chi connectivity index (χ0v) is 15.1. The molecule has 1 heterocycles. The van der Waals surface area contributed by atoms with Crippen molar-refractivity contribution in [1.82, 2.24) is 5.32 Å². The molecule has 2 aliphatic rings. The zero-order valence-electron chi connectivity index (χ0n) is 14.3. The van der Waals surface area contributed by atoms with Crippen LogP contribution in [0.3, 0.4) is 0 Å². The summed E-state index contributed by atoms with van der Waals surface area (Å²) in [4.78, 5) is 25.1. The van der Waals surface area contributed by atoms with E-state index >= 15 is 0 Å². The maximum Gasteiger partial charge on any atom is 0.231 e. The van der Waals surface area contributed by atoms with Gasteiger partial charge in [-0.15, -0.1) is 0 Å². The first kappa shape index (κ1) is 17.7. The summed E-state index contributed by atoms with van der Waals surface area (Å²) in [5.74, 6) is 0.138. The highest BCUT2D eigenvalue weighted by molar-refractivity contribution is 6.31. The molecule has 3 nitrogen and oxygen atoms in total. The first-order valence-electron chi connectivity index (χ1n) is 8.54. The summed E-state index contributed by atoms with van der Waals surface area (Å²) >= 11 is 6.15. The third kappa shape index (κ3) is 3.34. The van der Waals surface area contributed by atoms with Crippen LogP contribution in [0.15, 0.2) is 59.8 Å². The Morgan fingerprint density at radius 1 is 1.36 bits per heavy atom. The zero-order chi connectivity index (χ0) is 18.0. The van der Waals surface area contributed by atoms with E-state index in [-0.39, 0.29) is 17.6 Å². The lowest BCUT2D eigenvalue weighted by atomic mass is 9.61. The van der Waals surface area contributed by atoms with Crippen molar-refractivity contribution in [3.8, 4) is 0 Å². The van der Waals surface area contributed by atoms with Gasteiger partial charge in [0.2, 0.25) is 5.91 Å². The van der Waals surface area contributed by atoms with Crippen molar-refractivity contribution in [2.24, 2.45) is 5.41 Å². The van der Waals surface area contributed by atoms with Gasteiger partial charge < -0.3 is 5.32 Å². The van der Waals surface area contributed by atoms with Crippen LogP contribution >= 0.6 is 11.6 Å². The standard InChI is InChI=1S/C21H22ClNO2/c1-3-6-15(22)11-16-13-21(20(25)23-16)10-9-17(24)12-19(21)18-8-5-4-7-14(18)2/h3-8,11,19H,1,9-10,12-13H2,2H3,(H,23,25)/b15-6+,16-11+/t19-,21-/m1/s1. The fraction of sp³-hybridized carbons (Fsp3) is 0.333. The summed E-state index contributed by atoms with van der Waals surface area (Å²) < 4.78 is 0. The quantitative estimate of drug-likeness (QED) is 0.809. The van der Waals surface area contributed by atoms with Crippen LogP contribution in [0, 0.1) is 12.3 Å². The molecule has 3 rings (SSSR count). The highest BCUT2D eigenvalue weighted by atomic mass is 35.5. The predicted molar refractivity (Wildman–Crippen MR) is 100 cm³/mol. The van der Waals surface area contributed by atoms with Gasteiger partial charge in [0.1, 0.15) is 5.78 Å². The van der Waals surface area contributed by atoms with E-state index in [1.165, 1.54) is 0 Å². The van der Waals surface area contributed by atoms with Gasteiger partial charge in [0.15, 0.2) is 0 Å². The van der Waals surface area contributed by atoms with Crippen molar-refractivity contribution in [2.75, 3.05) is 0 Å². The molecule has 0 unspecified atom stereocenters. The van der Waals surface area contributed by atoms with Crippen molar-refractivity contribution in [3.63, 3.8) is 0 Å². The minimum atomic E-state index is -0.572. The topological polar surface area (TPSA) is 46.2 Å². The molecule has 1 saturated carbocycles. The highest BCUT2D eigenvalue weighted by Crippen LogP contribution is 2.53. The third-order valence-corrected chi connectivity index (χ3v) is 5.57. The first-order valence-corrected chi connectivity index (χ1v) is 8.91. The van der Waals surface area contributed by atoms with E-state index in [1.54, 1.807) is 18.2 Å². The molecular weight excluding hydrogens is 334 g/mol. The molecule has 4 heteroatoms. The molecule has 1 aliphatic heterocycles. The van der Waals surface area contributed by atoms with Gasteiger partial charge in [-0.2, -0.15) is 0 Å². The van der Waals surface area contributed by atoms with Crippen molar-refractivity contribution < 1.29 is 9.59 Å². The Bertz CT molecular complexity index is 793. The van der Waals surface area contributed by atoms with Gasteiger partial charge in [-0.3, -0.25) is 9.59 Å². The number of allylic oxidation sites excluding steroid dienone is 5. The Morgan fingerprint density at radius 3 is 2.84 bits per heavy atom. The lowest BCUT2D eigenvalue weighted by Gasteiger charge is -2.39. The van der Waals surface area contributed by atoms with Crippen LogP contribution in [-0.2, 0) is 9.59 Å². The molecule has 2 fully saturated rings. The molecule has 1 aliphatic carbocycles. The lowest BCUT2D eigenvalue weighted by Crippen LogP contribution is -2.41. The van der Waals surface area contributed by atoms with E-state index in [9.17, 15) is 9.59 Å². The number of carbonyl (C=O) groups excluding carboxylic acids is 2. The predicted octanol–water partition coefficient (Wildman–Crippen LogP) is 4.53. The normalized spacial score (nSPS) is 28.5. The van der Waals surface area contributed by atoms with Crippen molar-refractivity contribution in [3.05, 3.63) is 70.9 Å². The van der Waals surface area contributed by atoms with Gasteiger partial charge in [-0.1, -0.05) is 48.5 Å². The van der Waals surface area contributed by atoms with Gasteiger partial charge in [0, 0.05) is 35.9 Å². The molecule has 0 bridgehead atoms. The van der Waals surface area contributed by atoms with Crippen LogP contribution in [0.2, 0.25) is 0 Å². The maximum absolute atomic E-state index is 13.0. The van der Waals surface area contributed by atoms with Gasteiger partial charge in [-0.25, -0.2) is 0 Å². The molecule has 1 spiro atoms. The first-order chi connectivity index (χ1) is 12.0. The summed E-state index contributed by atoms with van der Waals surface area (Å²) in [6, 6.07) is 8.04. The number of hydrogen-bond donors (Lipinski definition) is 1. The molecule has 25 heavy (non-hydrogen) atoms. The molecule has 0 radical (unpaired) electrons. The van der Waals surface area contributed by atoms with Crippen LogP contribution in [0.5, 0.6) is 0 Å². The molecule has 0 aromatic heterocycles. The molecule has 130 valence electrons. The molecule has 1 aromatic carbocycles. The fourth-order valence-corrected chi connectivity index (χ4v) is 4.30. The number of Topliss-reactive ketones (excluding diaryl/α,β-unsaturated/α-hetero) is 1. The second kappa shape index (κ2) is 7.01. The molecule has 1 N–H and O–H groups in total. The molecule has 1 amide bonds. The Kier molecular flexibility index (Phi) is 4.96. The Balaban J connectivity index is 2.01. The average Bonchev–Trinajstić information content (AvgIpc) is 2.87. The van der Waals surface area contributed by atoms with E-state index < -0.39 is 5.41 Å². The summed E-state index contributed by atoms with van der Waals surface area (Å²) in [5, 5.41) is 3.52. The van der Waals surface area contributed by atoms with Crippen molar-refractivity contribution in [1.29, 1.82) is 0 Å². The second-order valence-electron chi connectivity index (χ2n) is 6.90. The number of halogens is 1. The summed E-state index contributed by atoms with van der Waals surface area (Å²) in [6.07, 6.45) is 7.12. The Labute approximate surface area is 153 Å². The van der Waals surface area contributed by atoms with Gasteiger partial charge >= 0.3 is 0 Å². The van der Waals surface area contributed by atoms with Crippen LogP contribution in [0.1, 0.15) is 42.7 Å². The number of ketones is 1. The van der Waals surface area contributed by atoms with Crippen LogP contribution < -0.4 is 5.32 Å². The number of rotatable bonds is 3. The summed E-state index contributed by atoms with van der Waals surface area (Å²) in [7, 11) is 0. The highest BCUT2D eigenvalue weighted by Gasteiger charge is 2.53. The summed E-state index contributed by atoms with van der Waals surface area (Å²) in [5.41, 5.74) is 2.45. The van der Waals surface area contributed by atoms with E-state index in [0.717, 1.165) is 16.8 Å². The van der Waals surface area contributed by atoms with Gasteiger partial charge in [0.05, 0.1) is 5.41 Å². The number of nitrogens with one attached hydrogen (secondary N) is 1. The maximum atomic E-state index is 13.0. The monoisotopic (exact) mass is 355 g/mol. The van der Waals surface area contributed by atoms with Crippen molar-refractivity contribution >= 4 is 23.3 Å². The van der Waals surface area contributed by atoms with E-state index in [0.29, 0.717) is 30.7 Å². The molecular formula is C21H22ClNO2. The number of amides is 1. The molecule has 1 aromatic rings. The number of benzene rings is 1. The fourth-order valence-electron chi connectivity index (χ4n) is 4.08. The molecule has 1 saturated heterocycles. The summed E-state index contributed by atoms with van der Waals surface area (Å²) in [6.45, 7) is 5.67. The number of carbonyl (C=O) groups is 2. The second-order valence-corrected chi connectivity index (χ2v) is 7.33. The lowest BCUT2D eigenvalue weighted by molar-refractivity contribution is -0.133.